The van der Waals surface area contributed by atoms with Crippen LogP contribution < -0.4 is 16.4 Å². The van der Waals surface area contributed by atoms with Crippen LogP contribution in [-0.2, 0) is 4.74 Å². The zero-order valence-corrected chi connectivity index (χ0v) is 21.4. The molecule has 3 heterocycles. The summed E-state index contributed by atoms with van der Waals surface area (Å²) in [7, 11) is 1.78. The molecule has 194 valence electrons. The highest BCUT2D eigenvalue weighted by molar-refractivity contribution is 5.84. The number of nitrogens with zero attached hydrogens (tertiary/aromatic N) is 5. The molecule has 9 heteroatoms. The van der Waals surface area contributed by atoms with Gasteiger partial charge in [-0.05, 0) is 70.8 Å². The highest BCUT2D eigenvalue weighted by atomic mass is 16.5. The van der Waals surface area contributed by atoms with Crippen LogP contribution in [0.4, 0.5) is 11.8 Å². The first-order valence-electron chi connectivity index (χ1n) is 13.9. The van der Waals surface area contributed by atoms with Crippen LogP contribution in [0.25, 0.3) is 11.2 Å². The molecule has 3 aliphatic rings. The Morgan fingerprint density at radius 2 is 1.69 bits per heavy atom. The SMILES string of the molecule is COCCCCN1CCC(Nc2nc(NC3CCC(N)CC3)nc3c2ncn3C2CCCC2)CC1. The van der Waals surface area contributed by atoms with Crippen LogP contribution in [0, 0.1) is 0 Å². The number of hydrogen-bond donors (Lipinski definition) is 3. The maximum Gasteiger partial charge on any atom is 0.227 e. The van der Waals surface area contributed by atoms with Crippen molar-refractivity contribution in [1.82, 2.24) is 24.4 Å². The predicted molar refractivity (Wildman–Crippen MR) is 141 cm³/mol. The van der Waals surface area contributed by atoms with Crippen LogP contribution >= 0.6 is 0 Å². The topological polar surface area (TPSA) is 106 Å². The first-order chi connectivity index (χ1) is 17.2. The Morgan fingerprint density at radius 1 is 0.943 bits per heavy atom. The zero-order valence-electron chi connectivity index (χ0n) is 21.4. The van der Waals surface area contributed by atoms with Gasteiger partial charge in [-0.25, -0.2) is 4.98 Å². The van der Waals surface area contributed by atoms with Crippen LogP contribution in [0.5, 0.6) is 0 Å². The first-order valence-corrected chi connectivity index (χ1v) is 13.9. The number of likely N-dealkylation sites (tertiary alicyclic amines) is 1. The second-order valence-corrected chi connectivity index (χ2v) is 10.9. The molecule has 0 bridgehead atoms. The van der Waals surface area contributed by atoms with Crippen molar-refractivity contribution in [2.75, 3.05) is 44.0 Å². The molecule has 2 aromatic heterocycles. The molecule has 1 aliphatic heterocycles. The third-order valence-corrected chi connectivity index (χ3v) is 8.25. The van der Waals surface area contributed by atoms with E-state index in [2.05, 4.69) is 20.1 Å². The van der Waals surface area contributed by atoms with Crippen molar-refractivity contribution in [1.29, 1.82) is 0 Å². The minimum Gasteiger partial charge on any atom is -0.385 e. The van der Waals surface area contributed by atoms with Gasteiger partial charge in [-0.15, -0.1) is 0 Å². The lowest BCUT2D eigenvalue weighted by Gasteiger charge is -2.32. The van der Waals surface area contributed by atoms with E-state index < -0.39 is 0 Å². The molecule has 1 saturated heterocycles. The molecule has 2 saturated carbocycles. The standard InChI is InChI=1S/C26H44N8O/c1-35-17-5-4-14-33-15-12-21(13-16-33)29-24-23-25(34(18-28-23)22-6-2-3-7-22)32-26(31-24)30-20-10-8-19(27)9-11-20/h18-22H,2-17,27H2,1H3,(H2,29,30,31,32). The maximum atomic E-state index is 6.13. The van der Waals surface area contributed by atoms with Gasteiger partial charge in [-0.3, -0.25) is 0 Å². The molecule has 0 spiro atoms. The number of imidazole rings is 1. The molecule has 2 aromatic rings. The Balaban J connectivity index is 1.29. The zero-order chi connectivity index (χ0) is 24.0. The van der Waals surface area contributed by atoms with Crippen LogP contribution in [0.15, 0.2) is 6.33 Å². The number of nitrogens with two attached hydrogens (primary N) is 1. The Kier molecular flexibility index (Phi) is 8.36. The summed E-state index contributed by atoms with van der Waals surface area (Å²) in [5.74, 6) is 1.62. The summed E-state index contributed by atoms with van der Waals surface area (Å²) >= 11 is 0. The fourth-order valence-electron chi connectivity index (χ4n) is 6.05. The lowest BCUT2D eigenvalue weighted by Crippen LogP contribution is -2.39. The molecule has 3 fully saturated rings. The Bertz CT molecular complexity index is 927. The van der Waals surface area contributed by atoms with Gasteiger partial charge in [-0.1, -0.05) is 12.8 Å². The number of anilines is 2. The van der Waals surface area contributed by atoms with Gasteiger partial charge in [0.1, 0.15) is 0 Å². The van der Waals surface area contributed by atoms with E-state index in [1.165, 1.54) is 38.6 Å². The summed E-state index contributed by atoms with van der Waals surface area (Å²) in [6, 6.07) is 1.65. The van der Waals surface area contributed by atoms with Gasteiger partial charge in [0.05, 0.1) is 6.33 Å². The van der Waals surface area contributed by atoms with Crippen molar-refractivity contribution in [3.63, 3.8) is 0 Å². The van der Waals surface area contributed by atoms with Crippen molar-refractivity contribution in [2.24, 2.45) is 5.73 Å². The Hall–Kier alpha value is -1.97. The highest BCUT2D eigenvalue weighted by Crippen LogP contribution is 2.33. The summed E-state index contributed by atoms with van der Waals surface area (Å²) in [5.41, 5.74) is 8.01. The molecule has 2 aliphatic carbocycles. The molecule has 5 rings (SSSR count). The molecular weight excluding hydrogens is 440 g/mol. The van der Waals surface area contributed by atoms with E-state index in [0.29, 0.717) is 24.2 Å². The van der Waals surface area contributed by atoms with Crippen molar-refractivity contribution in [3.05, 3.63) is 6.33 Å². The highest BCUT2D eigenvalue weighted by Gasteiger charge is 2.26. The lowest BCUT2D eigenvalue weighted by atomic mass is 9.92. The lowest BCUT2D eigenvalue weighted by molar-refractivity contribution is 0.175. The average Bonchev–Trinajstić information content (AvgIpc) is 3.54. The molecule has 0 aromatic carbocycles. The molecule has 0 amide bonds. The Labute approximate surface area is 209 Å². The second-order valence-electron chi connectivity index (χ2n) is 10.9. The second kappa shape index (κ2) is 11.8. The molecule has 0 unspecified atom stereocenters. The monoisotopic (exact) mass is 484 g/mol. The molecule has 4 N–H and O–H groups in total. The Morgan fingerprint density at radius 3 is 2.43 bits per heavy atom. The third-order valence-electron chi connectivity index (χ3n) is 8.25. The van der Waals surface area contributed by atoms with Crippen molar-refractivity contribution in [3.8, 4) is 0 Å². The van der Waals surface area contributed by atoms with Crippen LogP contribution in [0.3, 0.4) is 0 Å². The summed E-state index contributed by atoms with van der Waals surface area (Å²) in [4.78, 5) is 17.4. The van der Waals surface area contributed by atoms with Crippen LogP contribution in [-0.4, -0.2) is 75.9 Å². The molecule has 35 heavy (non-hydrogen) atoms. The summed E-state index contributed by atoms with van der Waals surface area (Å²) in [6.45, 7) is 4.28. The van der Waals surface area contributed by atoms with E-state index in [4.69, 9.17) is 25.4 Å². The number of hydrogen-bond acceptors (Lipinski definition) is 8. The average molecular weight is 485 g/mol. The van der Waals surface area contributed by atoms with E-state index in [0.717, 1.165) is 87.6 Å². The fraction of sp³-hybridized carbons (Fsp3) is 0.808. The molecular formula is C26H44N8O. The normalized spacial score (nSPS) is 24.9. The quantitative estimate of drug-likeness (QED) is 0.436. The smallest absolute Gasteiger partial charge is 0.227 e. The number of methoxy groups -OCH3 is 1. The van der Waals surface area contributed by atoms with Crippen molar-refractivity contribution >= 4 is 22.9 Å². The minimum atomic E-state index is 0.336. The number of ether oxygens (including phenoxy) is 1. The van der Waals surface area contributed by atoms with E-state index >= 15 is 0 Å². The number of fused-ring (bicyclic) bond motifs is 1. The number of piperidine rings is 1. The maximum absolute atomic E-state index is 6.13. The van der Waals surface area contributed by atoms with Gasteiger partial charge in [0.2, 0.25) is 5.95 Å². The van der Waals surface area contributed by atoms with Gasteiger partial charge >= 0.3 is 0 Å². The largest absolute Gasteiger partial charge is 0.385 e. The van der Waals surface area contributed by atoms with Gasteiger partial charge in [0.25, 0.3) is 0 Å². The number of nitrogens with one attached hydrogen (secondary N) is 2. The van der Waals surface area contributed by atoms with Gasteiger partial charge in [0, 0.05) is 51.0 Å². The van der Waals surface area contributed by atoms with Crippen LogP contribution in [0.2, 0.25) is 0 Å². The summed E-state index contributed by atoms with van der Waals surface area (Å²) in [6.07, 6.45) is 15.9. The van der Waals surface area contributed by atoms with E-state index in [9.17, 15) is 0 Å². The molecule has 9 nitrogen and oxygen atoms in total. The summed E-state index contributed by atoms with van der Waals surface area (Å²) < 4.78 is 7.49. The predicted octanol–water partition coefficient (Wildman–Crippen LogP) is 3.93. The first kappa shape index (κ1) is 24.7. The minimum absolute atomic E-state index is 0.336. The number of aromatic nitrogens is 4. The molecule has 0 radical (unpaired) electrons. The van der Waals surface area contributed by atoms with Gasteiger partial charge < -0.3 is 30.6 Å². The third kappa shape index (κ3) is 6.24. The van der Waals surface area contributed by atoms with E-state index in [-0.39, 0.29) is 0 Å². The van der Waals surface area contributed by atoms with Crippen LogP contribution in [0.1, 0.15) is 83.1 Å². The van der Waals surface area contributed by atoms with Crippen molar-refractivity contribution in [2.45, 2.75) is 101 Å². The van der Waals surface area contributed by atoms with Crippen molar-refractivity contribution < 1.29 is 4.74 Å². The number of unbranched alkanes of at least 4 members (excludes halogenated alkanes) is 1. The van der Waals surface area contributed by atoms with E-state index in [1.54, 1.807) is 7.11 Å². The summed E-state index contributed by atoms with van der Waals surface area (Å²) in [5, 5.41) is 7.42. The molecule has 0 atom stereocenters. The van der Waals surface area contributed by atoms with Gasteiger partial charge in [-0.2, -0.15) is 9.97 Å². The van der Waals surface area contributed by atoms with E-state index in [1.807, 2.05) is 6.33 Å². The fourth-order valence-corrected chi connectivity index (χ4v) is 6.05. The van der Waals surface area contributed by atoms with Gasteiger partial charge in [0.15, 0.2) is 17.0 Å². The number of rotatable bonds is 10.